The van der Waals surface area contributed by atoms with Gasteiger partial charge in [-0.25, -0.2) is 0 Å². The highest BCUT2D eigenvalue weighted by molar-refractivity contribution is 5.94. The van der Waals surface area contributed by atoms with E-state index in [1.807, 2.05) is 27.6 Å². The fourth-order valence-electron chi connectivity index (χ4n) is 3.66. The molecule has 130 valence electrons. The number of nitriles is 1. The molecule has 2 aliphatic heterocycles. The lowest BCUT2D eigenvalue weighted by atomic mass is 9.98. The number of pyridine rings is 1. The van der Waals surface area contributed by atoms with Gasteiger partial charge in [0.2, 0.25) is 0 Å². The van der Waals surface area contributed by atoms with Crippen LogP contribution in [0.4, 0.5) is 0 Å². The summed E-state index contributed by atoms with van der Waals surface area (Å²) in [6.07, 6.45) is 5.23. The zero-order valence-corrected chi connectivity index (χ0v) is 14.1. The number of piperidine rings is 1. The van der Waals surface area contributed by atoms with E-state index in [1.54, 1.807) is 0 Å². The third-order valence-corrected chi connectivity index (χ3v) is 5.23. The molecule has 2 fully saturated rings. The minimum Gasteiger partial charge on any atom is -0.381 e. The average molecular weight is 339 g/mol. The number of fused-ring (bicyclic) bond motifs is 1. The Balaban J connectivity index is 1.58. The summed E-state index contributed by atoms with van der Waals surface area (Å²) in [7, 11) is 0. The van der Waals surface area contributed by atoms with Gasteiger partial charge in [0.25, 0.3) is 5.91 Å². The van der Waals surface area contributed by atoms with E-state index in [0.29, 0.717) is 24.6 Å². The molecule has 7 nitrogen and oxygen atoms in total. The first kappa shape index (κ1) is 16.0. The van der Waals surface area contributed by atoms with Crippen molar-refractivity contribution in [3.05, 3.63) is 29.7 Å². The van der Waals surface area contributed by atoms with Gasteiger partial charge in [0, 0.05) is 44.3 Å². The zero-order valence-electron chi connectivity index (χ0n) is 14.1. The maximum absolute atomic E-state index is 12.8. The summed E-state index contributed by atoms with van der Waals surface area (Å²) in [5, 5.41) is 17.6. The SMILES string of the molecule is N#CC1CCN(C(=O)c2ccc3nnc(C4CCOCC4)n3c2)CC1. The summed E-state index contributed by atoms with van der Waals surface area (Å²) in [6, 6.07) is 5.97. The molecule has 4 heterocycles. The number of hydrogen-bond donors (Lipinski definition) is 0. The maximum atomic E-state index is 12.8. The lowest BCUT2D eigenvalue weighted by Crippen LogP contribution is -2.38. The Kier molecular flexibility index (Phi) is 4.36. The number of amides is 1. The van der Waals surface area contributed by atoms with Gasteiger partial charge in [-0.05, 0) is 37.8 Å². The first-order chi connectivity index (χ1) is 12.3. The van der Waals surface area contributed by atoms with Gasteiger partial charge in [0.1, 0.15) is 5.82 Å². The van der Waals surface area contributed by atoms with Crippen LogP contribution < -0.4 is 0 Å². The number of hydrogen-bond acceptors (Lipinski definition) is 5. The van der Waals surface area contributed by atoms with Crippen molar-refractivity contribution in [3.8, 4) is 6.07 Å². The van der Waals surface area contributed by atoms with Crippen molar-refractivity contribution in [2.45, 2.75) is 31.6 Å². The molecular weight excluding hydrogens is 318 g/mol. The van der Waals surface area contributed by atoms with E-state index in [2.05, 4.69) is 16.3 Å². The molecule has 0 bridgehead atoms. The highest BCUT2D eigenvalue weighted by atomic mass is 16.5. The number of aromatic nitrogens is 3. The Hall–Kier alpha value is -2.46. The summed E-state index contributed by atoms with van der Waals surface area (Å²) in [4.78, 5) is 14.7. The van der Waals surface area contributed by atoms with E-state index < -0.39 is 0 Å². The van der Waals surface area contributed by atoms with Crippen molar-refractivity contribution >= 4 is 11.6 Å². The van der Waals surface area contributed by atoms with Crippen LogP contribution in [0.5, 0.6) is 0 Å². The van der Waals surface area contributed by atoms with Crippen molar-refractivity contribution in [3.63, 3.8) is 0 Å². The molecular formula is C18H21N5O2. The van der Waals surface area contributed by atoms with Gasteiger partial charge in [-0.15, -0.1) is 10.2 Å². The average Bonchev–Trinajstić information content (AvgIpc) is 3.11. The third kappa shape index (κ3) is 3.10. The predicted molar refractivity (Wildman–Crippen MR) is 90.0 cm³/mol. The summed E-state index contributed by atoms with van der Waals surface area (Å²) in [6.45, 7) is 2.77. The first-order valence-corrected chi connectivity index (χ1v) is 8.87. The molecule has 7 heteroatoms. The van der Waals surface area contributed by atoms with E-state index in [-0.39, 0.29) is 11.8 Å². The molecule has 0 aliphatic carbocycles. The maximum Gasteiger partial charge on any atom is 0.255 e. The van der Waals surface area contributed by atoms with Crippen LogP contribution in [-0.2, 0) is 4.74 Å². The highest BCUT2D eigenvalue weighted by Crippen LogP contribution is 2.26. The molecule has 4 rings (SSSR count). The van der Waals surface area contributed by atoms with Crippen LogP contribution >= 0.6 is 0 Å². The number of ether oxygens (including phenoxy) is 1. The normalized spacial score (nSPS) is 19.9. The molecule has 2 saturated heterocycles. The van der Waals surface area contributed by atoms with Crippen LogP contribution in [0.15, 0.2) is 18.3 Å². The van der Waals surface area contributed by atoms with E-state index in [1.165, 1.54) is 0 Å². The second kappa shape index (κ2) is 6.81. The van der Waals surface area contributed by atoms with Gasteiger partial charge in [-0.3, -0.25) is 9.20 Å². The van der Waals surface area contributed by atoms with Crippen molar-refractivity contribution < 1.29 is 9.53 Å². The predicted octanol–water partition coefficient (Wildman–Crippen LogP) is 2.00. The number of rotatable bonds is 2. The van der Waals surface area contributed by atoms with Crippen molar-refractivity contribution in [2.75, 3.05) is 26.3 Å². The van der Waals surface area contributed by atoms with Crippen LogP contribution in [0.25, 0.3) is 5.65 Å². The van der Waals surface area contributed by atoms with Gasteiger partial charge >= 0.3 is 0 Å². The van der Waals surface area contributed by atoms with Gasteiger partial charge in [-0.1, -0.05) is 0 Å². The third-order valence-electron chi connectivity index (χ3n) is 5.23. The monoisotopic (exact) mass is 339 g/mol. The summed E-state index contributed by atoms with van der Waals surface area (Å²) < 4.78 is 7.38. The fraction of sp³-hybridized carbons (Fsp3) is 0.556. The molecule has 2 aromatic rings. The minimum absolute atomic E-state index is 0.0184. The van der Waals surface area contributed by atoms with Crippen LogP contribution in [-0.4, -0.2) is 51.7 Å². The Morgan fingerprint density at radius 2 is 1.92 bits per heavy atom. The number of nitrogens with zero attached hydrogens (tertiary/aromatic N) is 5. The number of carbonyl (C=O) groups excluding carboxylic acids is 1. The van der Waals surface area contributed by atoms with Gasteiger partial charge in [0.15, 0.2) is 5.65 Å². The zero-order chi connectivity index (χ0) is 17.2. The molecule has 0 saturated carbocycles. The Bertz CT molecular complexity index is 810. The molecule has 0 atom stereocenters. The van der Waals surface area contributed by atoms with Crippen LogP contribution in [0, 0.1) is 17.2 Å². The molecule has 2 aliphatic rings. The van der Waals surface area contributed by atoms with Gasteiger partial charge in [-0.2, -0.15) is 5.26 Å². The van der Waals surface area contributed by atoms with Crippen LogP contribution in [0.2, 0.25) is 0 Å². The summed E-state index contributed by atoms with van der Waals surface area (Å²) in [5.74, 6) is 1.33. The Morgan fingerprint density at radius 3 is 2.64 bits per heavy atom. The largest absolute Gasteiger partial charge is 0.381 e. The Labute approximate surface area is 146 Å². The van der Waals surface area contributed by atoms with Gasteiger partial charge < -0.3 is 9.64 Å². The van der Waals surface area contributed by atoms with Gasteiger partial charge in [0.05, 0.1) is 11.6 Å². The molecule has 0 N–H and O–H groups in total. The Morgan fingerprint density at radius 1 is 1.16 bits per heavy atom. The molecule has 0 spiro atoms. The van der Waals surface area contributed by atoms with E-state index in [9.17, 15) is 4.79 Å². The topological polar surface area (TPSA) is 83.5 Å². The number of likely N-dealkylation sites (tertiary alicyclic amines) is 1. The second-order valence-corrected chi connectivity index (χ2v) is 6.79. The van der Waals surface area contributed by atoms with Crippen LogP contribution in [0.1, 0.15) is 47.8 Å². The number of carbonyl (C=O) groups is 1. The summed E-state index contributed by atoms with van der Waals surface area (Å²) >= 11 is 0. The second-order valence-electron chi connectivity index (χ2n) is 6.79. The molecule has 0 aromatic carbocycles. The van der Waals surface area contributed by atoms with Crippen LogP contribution in [0.3, 0.4) is 0 Å². The molecule has 25 heavy (non-hydrogen) atoms. The van der Waals surface area contributed by atoms with Crippen molar-refractivity contribution in [1.82, 2.24) is 19.5 Å². The quantitative estimate of drug-likeness (QED) is 0.835. The van der Waals surface area contributed by atoms with Crippen molar-refractivity contribution in [2.24, 2.45) is 5.92 Å². The van der Waals surface area contributed by atoms with E-state index in [4.69, 9.17) is 10.00 Å². The summed E-state index contributed by atoms with van der Waals surface area (Å²) in [5.41, 5.74) is 1.41. The lowest BCUT2D eigenvalue weighted by Gasteiger charge is -2.29. The smallest absolute Gasteiger partial charge is 0.255 e. The molecule has 0 radical (unpaired) electrons. The fourth-order valence-corrected chi connectivity index (χ4v) is 3.66. The van der Waals surface area contributed by atoms with Crippen molar-refractivity contribution in [1.29, 1.82) is 5.26 Å². The molecule has 0 unspecified atom stereocenters. The molecule has 2 aromatic heterocycles. The first-order valence-electron chi connectivity index (χ1n) is 8.87. The van der Waals surface area contributed by atoms with E-state index in [0.717, 1.165) is 50.4 Å². The lowest BCUT2D eigenvalue weighted by molar-refractivity contribution is 0.0706. The molecule has 1 amide bonds. The standard InChI is InChI=1S/C18H21N5O2/c19-11-13-3-7-22(8-4-13)18(24)15-1-2-16-20-21-17(23(16)12-15)14-5-9-25-10-6-14/h1-2,12-14H,3-10H2. The highest BCUT2D eigenvalue weighted by Gasteiger charge is 2.25. The minimum atomic E-state index is 0.0184. The van der Waals surface area contributed by atoms with E-state index >= 15 is 0 Å².